The third-order valence-electron chi connectivity index (χ3n) is 6.11. The van der Waals surface area contributed by atoms with E-state index in [0.29, 0.717) is 34.9 Å². The number of nitrogens with zero attached hydrogens (tertiary/aromatic N) is 4. The number of halogens is 1. The van der Waals surface area contributed by atoms with Gasteiger partial charge in [0.2, 0.25) is 5.88 Å². The summed E-state index contributed by atoms with van der Waals surface area (Å²) in [5, 5.41) is 5.14. The highest BCUT2D eigenvalue weighted by molar-refractivity contribution is 6.76. The maximum absolute atomic E-state index is 11.9. The Morgan fingerprint density at radius 1 is 1.15 bits per heavy atom. The molecule has 0 radical (unpaired) electrons. The van der Waals surface area contributed by atoms with Crippen molar-refractivity contribution in [2.24, 2.45) is 5.41 Å². The number of ether oxygens (including phenoxy) is 4. The second-order valence-corrected chi connectivity index (χ2v) is 18.0. The van der Waals surface area contributed by atoms with Crippen molar-refractivity contribution in [1.82, 2.24) is 19.7 Å². The maximum atomic E-state index is 11.9. The van der Waals surface area contributed by atoms with Crippen molar-refractivity contribution in [2.75, 3.05) is 20.3 Å². The van der Waals surface area contributed by atoms with Crippen LogP contribution in [-0.4, -0.2) is 60.2 Å². The minimum atomic E-state index is -1.20. The molecular formula is C29H41ClN4O5Si-. The first kappa shape index (κ1) is 31.6. The zero-order chi connectivity index (χ0) is 29.7. The molecule has 219 valence electrons. The van der Waals surface area contributed by atoms with Gasteiger partial charge in [0.15, 0.2) is 5.82 Å². The van der Waals surface area contributed by atoms with Crippen LogP contribution in [-0.2, 0) is 21.0 Å². The number of carbonyl (C=O) groups is 1. The number of aromatic nitrogens is 4. The topological polar surface area (TPSA) is 97.6 Å². The van der Waals surface area contributed by atoms with Crippen LogP contribution in [0, 0.1) is 12.3 Å². The Kier molecular flexibility index (Phi) is 10.4. The van der Waals surface area contributed by atoms with Crippen molar-refractivity contribution in [3.8, 4) is 34.4 Å². The van der Waals surface area contributed by atoms with Crippen LogP contribution in [0.1, 0.15) is 33.3 Å². The number of hydrogen-bond acceptors (Lipinski definition) is 8. The van der Waals surface area contributed by atoms with Crippen LogP contribution >= 0.6 is 11.6 Å². The number of aryl methyl sites for hydroxylation is 1. The summed E-state index contributed by atoms with van der Waals surface area (Å²) in [6, 6.07) is 9.02. The van der Waals surface area contributed by atoms with E-state index in [0.717, 1.165) is 22.7 Å². The van der Waals surface area contributed by atoms with Crippen molar-refractivity contribution in [1.29, 1.82) is 0 Å². The summed E-state index contributed by atoms with van der Waals surface area (Å²) in [6.07, 6.45) is 1.67. The molecule has 2 aromatic heterocycles. The highest BCUT2D eigenvalue weighted by Gasteiger charge is 2.30. The fraction of sp³-hybridized carbons (Fsp3) is 0.517. The van der Waals surface area contributed by atoms with Gasteiger partial charge in [-0.2, -0.15) is 29.3 Å². The standard InChI is InChI=1S/C29H41ClN4O5Si/c1-19(2)39-28-32-26(33-34(28)18-37-12-13-40(7,8)9)22-11-10-21(15-24(22)30)23-16-31-25(14-20(23)3)38-17-29(4,5)27(35)36-6/h10-11,14-16,19H,12-13,17-18H2,1-9H3/q-1. The summed E-state index contributed by atoms with van der Waals surface area (Å²) >= 11 is 6.74. The molecule has 1 aromatic carbocycles. The molecule has 0 spiro atoms. The second kappa shape index (κ2) is 13.1. The predicted octanol–water partition coefficient (Wildman–Crippen LogP) is 6.65. The molecule has 0 N–H and O–H groups in total. The molecule has 0 aliphatic rings. The van der Waals surface area contributed by atoms with Gasteiger partial charge in [0, 0.05) is 30.0 Å². The highest BCUT2D eigenvalue weighted by Crippen LogP contribution is 2.33. The van der Waals surface area contributed by atoms with E-state index in [4.69, 9.17) is 30.5 Å². The first-order valence-corrected chi connectivity index (χ1v) is 17.5. The van der Waals surface area contributed by atoms with E-state index in [2.05, 4.69) is 34.7 Å². The molecule has 11 heteroatoms. The summed E-state index contributed by atoms with van der Waals surface area (Å²) in [6.45, 7) is 17.4. The molecule has 2 heterocycles. The molecule has 0 amide bonds. The summed E-state index contributed by atoms with van der Waals surface area (Å²) < 4.78 is 24.0. The second-order valence-electron chi connectivity index (χ2n) is 11.9. The van der Waals surface area contributed by atoms with Crippen molar-refractivity contribution in [2.45, 2.75) is 73.1 Å². The first-order valence-electron chi connectivity index (χ1n) is 13.4. The van der Waals surface area contributed by atoms with Gasteiger partial charge in [0.25, 0.3) is 0 Å². The molecule has 0 bridgehead atoms. The number of rotatable bonds is 13. The Morgan fingerprint density at radius 3 is 2.48 bits per heavy atom. The molecule has 9 nitrogen and oxygen atoms in total. The average Bonchev–Trinajstić information content (AvgIpc) is 3.25. The number of esters is 1. The van der Waals surface area contributed by atoms with E-state index < -0.39 is 13.5 Å². The monoisotopic (exact) mass is 588 g/mol. The first-order chi connectivity index (χ1) is 18.7. The van der Waals surface area contributed by atoms with E-state index in [1.54, 1.807) is 24.7 Å². The van der Waals surface area contributed by atoms with Crippen molar-refractivity contribution < 1.29 is 23.7 Å². The number of methoxy groups -OCH3 is 1. The van der Waals surface area contributed by atoms with Gasteiger partial charge in [0.1, 0.15) is 13.3 Å². The minimum absolute atomic E-state index is 0.0652. The van der Waals surface area contributed by atoms with Crippen LogP contribution in [0.5, 0.6) is 11.9 Å². The zero-order valence-electron chi connectivity index (χ0n) is 25.0. The van der Waals surface area contributed by atoms with Gasteiger partial charge in [-0.25, -0.2) is 4.98 Å². The van der Waals surface area contributed by atoms with Crippen LogP contribution in [0.3, 0.4) is 0 Å². The summed E-state index contributed by atoms with van der Waals surface area (Å²) in [4.78, 5) is 21.0. The Hall–Kier alpha value is -2.95. The Balaban J connectivity index is 1.79. The molecular weight excluding hydrogens is 548 g/mol. The fourth-order valence-electron chi connectivity index (χ4n) is 3.72. The third kappa shape index (κ3) is 8.52. The third-order valence-corrected chi connectivity index (χ3v) is 8.13. The largest absolute Gasteiger partial charge is 0.476 e. The van der Waals surface area contributed by atoms with Gasteiger partial charge in [-0.1, -0.05) is 17.7 Å². The SMILES string of the molecule is COC(=O)C(C)(C)COc1cc(C)c(-c2ccc(-c3nc(OC(C)C)n(COCC[Si-](C)(C)C)n3)c(Cl)c2)cn1. The van der Waals surface area contributed by atoms with Crippen LogP contribution in [0.4, 0.5) is 0 Å². The lowest BCUT2D eigenvalue weighted by atomic mass is 9.95. The van der Waals surface area contributed by atoms with Gasteiger partial charge in [-0.3, -0.25) is 4.79 Å². The molecule has 0 unspecified atom stereocenters. The number of hydrogen-bond donors (Lipinski definition) is 0. The Labute approximate surface area is 243 Å². The summed E-state index contributed by atoms with van der Waals surface area (Å²) in [7, 11) is 0.168. The van der Waals surface area contributed by atoms with Crippen molar-refractivity contribution >= 4 is 25.6 Å². The molecule has 0 saturated carbocycles. The van der Waals surface area contributed by atoms with Crippen molar-refractivity contribution in [3.63, 3.8) is 0 Å². The van der Waals surface area contributed by atoms with E-state index in [1.165, 1.54) is 7.11 Å². The van der Waals surface area contributed by atoms with Crippen molar-refractivity contribution in [3.05, 3.63) is 41.0 Å². The fourth-order valence-corrected chi connectivity index (χ4v) is 4.74. The van der Waals surface area contributed by atoms with Gasteiger partial charge >= 0.3 is 12.0 Å². The number of benzene rings is 1. The predicted molar refractivity (Wildman–Crippen MR) is 160 cm³/mol. The molecule has 0 fully saturated rings. The average molecular weight is 589 g/mol. The minimum Gasteiger partial charge on any atom is -0.476 e. The molecule has 3 rings (SSSR count). The van der Waals surface area contributed by atoms with Gasteiger partial charge in [0.05, 0.1) is 23.7 Å². The maximum Gasteiger partial charge on any atom is 0.317 e. The number of carbonyl (C=O) groups excluding carboxylic acids is 1. The molecule has 0 saturated heterocycles. The summed E-state index contributed by atoms with van der Waals surface area (Å²) in [5.41, 5.74) is 2.66. The van der Waals surface area contributed by atoms with Crippen LogP contribution < -0.4 is 9.47 Å². The molecule has 0 atom stereocenters. The van der Waals surface area contributed by atoms with Crippen LogP contribution in [0.25, 0.3) is 22.5 Å². The van der Waals surface area contributed by atoms with Crippen LogP contribution in [0.15, 0.2) is 30.5 Å². The van der Waals surface area contributed by atoms with E-state index in [-0.39, 0.29) is 25.4 Å². The molecule has 0 aliphatic carbocycles. The summed E-state index contributed by atoms with van der Waals surface area (Å²) in [5.74, 6) is 0.556. The Morgan fingerprint density at radius 2 is 1.88 bits per heavy atom. The van der Waals surface area contributed by atoms with Gasteiger partial charge < -0.3 is 18.9 Å². The molecule has 40 heavy (non-hydrogen) atoms. The number of pyridine rings is 1. The van der Waals surface area contributed by atoms with Gasteiger partial charge in [-0.05, 0) is 57.9 Å². The van der Waals surface area contributed by atoms with E-state index in [1.807, 2.05) is 45.0 Å². The lowest BCUT2D eigenvalue weighted by Gasteiger charge is -2.26. The van der Waals surface area contributed by atoms with Crippen LogP contribution in [0.2, 0.25) is 30.7 Å². The quantitative estimate of drug-likeness (QED) is 0.124. The van der Waals surface area contributed by atoms with Gasteiger partial charge in [-0.15, -0.1) is 19.2 Å². The normalized spacial score (nSPS) is 12.1. The lowest BCUT2D eigenvalue weighted by molar-refractivity contribution is -0.152. The van der Waals surface area contributed by atoms with E-state index in [9.17, 15) is 4.79 Å². The smallest absolute Gasteiger partial charge is 0.317 e. The lowest BCUT2D eigenvalue weighted by Crippen LogP contribution is -2.32. The highest BCUT2D eigenvalue weighted by atomic mass is 35.5. The molecule has 0 aliphatic heterocycles. The zero-order valence-corrected chi connectivity index (χ0v) is 26.8. The van der Waals surface area contributed by atoms with E-state index >= 15 is 0 Å². The Bertz CT molecular complexity index is 1320. The molecule has 3 aromatic rings.